The summed E-state index contributed by atoms with van der Waals surface area (Å²) in [5.41, 5.74) is 1.06. The molecule has 2 aliphatic rings. The number of thioether (sulfide) groups is 1. The second-order valence-electron chi connectivity index (χ2n) is 6.47. The zero-order valence-corrected chi connectivity index (χ0v) is 14.3. The zero-order valence-electron chi connectivity index (χ0n) is 13.5. The number of benzene rings is 1. The molecule has 1 aliphatic carbocycles. The van der Waals surface area contributed by atoms with Crippen LogP contribution in [-0.2, 0) is 4.79 Å². The molecule has 4 nitrogen and oxygen atoms in total. The first-order chi connectivity index (χ1) is 11.3. The second-order valence-corrected chi connectivity index (χ2v) is 7.69. The second kappa shape index (κ2) is 8.18. The van der Waals surface area contributed by atoms with E-state index < -0.39 is 0 Å². The minimum atomic E-state index is -0.253. The third kappa shape index (κ3) is 4.28. The average molecular weight is 334 g/mol. The van der Waals surface area contributed by atoms with Crippen LogP contribution in [0, 0.1) is 5.92 Å². The van der Waals surface area contributed by atoms with Gasteiger partial charge in [0.1, 0.15) is 6.04 Å². The summed E-state index contributed by atoms with van der Waals surface area (Å²) in [6, 6.07) is 9.84. The van der Waals surface area contributed by atoms with Crippen molar-refractivity contribution in [3.05, 3.63) is 35.9 Å². The Balaban J connectivity index is 1.68. The third-order valence-corrected chi connectivity index (χ3v) is 5.87. The van der Waals surface area contributed by atoms with Crippen LogP contribution in [0.3, 0.4) is 0 Å². The first kappa shape index (κ1) is 16.8. The topological polar surface area (TPSA) is 52.6 Å². The third-order valence-electron chi connectivity index (χ3n) is 4.93. The summed E-state index contributed by atoms with van der Waals surface area (Å²) in [6.07, 6.45) is 2.69. The quantitative estimate of drug-likeness (QED) is 0.865. The Labute approximate surface area is 142 Å². The fourth-order valence-corrected chi connectivity index (χ4v) is 4.51. The highest BCUT2D eigenvalue weighted by Crippen LogP contribution is 2.27. The van der Waals surface area contributed by atoms with E-state index in [9.17, 15) is 9.90 Å². The predicted molar refractivity (Wildman–Crippen MR) is 94.4 cm³/mol. The Hall–Kier alpha value is -1.04. The van der Waals surface area contributed by atoms with Crippen LogP contribution in [0.25, 0.3) is 0 Å². The number of hydrogen-bond acceptors (Lipinski definition) is 4. The van der Waals surface area contributed by atoms with Crippen molar-refractivity contribution in [2.75, 3.05) is 31.1 Å². The van der Waals surface area contributed by atoms with E-state index in [1.165, 1.54) is 0 Å². The Morgan fingerprint density at radius 2 is 2.00 bits per heavy atom. The number of amides is 1. The number of nitrogens with one attached hydrogen (secondary N) is 1. The van der Waals surface area contributed by atoms with Crippen molar-refractivity contribution in [1.82, 2.24) is 10.2 Å². The van der Waals surface area contributed by atoms with Crippen molar-refractivity contribution in [3.8, 4) is 0 Å². The van der Waals surface area contributed by atoms with Crippen LogP contribution in [0.4, 0.5) is 0 Å². The van der Waals surface area contributed by atoms with E-state index in [4.69, 9.17) is 0 Å². The molecule has 1 heterocycles. The maximum atomic E-state index is 12.9. The Kier molecular flexibility index (Phi) is 5.97. The molecule has 1 amide bonds. The normalized spacial score (nSPS) is 26.8. The first-order valence-corrected chi connectivity index (χ1v) is 9.73. The summed E-state index contributed by atoms with van der Waals surface area (Å²) in [5, 5.41) is 13.0. The van der Waals surface area contributed by atoms with E-state index in [0.29, 0.717) is 6.54 Å². The number of rotatable bonds is 5. The van der Waals surface area contributed by atoms with E-state index in [2.05, 4.69) is 10.2 Å². The van der Waals surface area contributed by atoms with Gasteiger partial charge in [0.15, 0.2) is 0 Å². The smallest absolute Gasteiger partial charge is 0.241 e. The van der Waals surface area contributed by atoms with Crippen molar-refractivity contribution >= 4 is 17.7 Å². The fraction of sp³-hybridized carbons (Fsp3) is 0.611. The summed E-state index contributed by atoms with van der Waals surface area (Å²) in [6.45, 7) is 2.49. The molecule has 2 fully saturated rings. The largest absolute Gasteiger partial charge is 0.393 e. The van der Waals surface area contributed by atoms with Crippen molar-refractivity contribution < 1.29 is 9.90 Å². The summed E-state index contributed by atoms with van der Waals surface area (Å²) < 4.78 is 0. The Morgan fingerprint density at radius 1 is 1.26 bits per heavy atom. The standard InChI is InChI=1S/C18H26N2O2S/c21-16-8-4-7-15(16)13-19-18(22)17(14-5-2-1-3-6-14)20-9-11-23-12-10-20/h1-3,5-6,15-17,21H,4,7-13H2,(H,19,22). The number of carbonyl (C=O) groups excluding carboxylic acids is 1. The van der Waals surface area contributed by atoms with Gasteiger partial charge in [-0.1, -0.05) is 36.8 Å². The summed E-state index contributed by atoms with van der Waals surface area (Å²) >= 11 is 1.95. The minimum absolute atomic E-state index is 0.0715. The van der Waals surface area contributed by atoms with Gasteiger partial charge in [0, 0.05) is 37.1 Å². The molecule has 0 spiro atoms. The Morgan fingerprint density at radius 3 is 2.65 bits per heavy atom. The van der Waals surface area contributed by atoms with Gasteiger partial charge in [0.05, 0.1) is 6.10 Å². The van der Waals surface area contributed by atoms with E-state index in [-0.39, 0.29) is 24.0 Å². The van der Waals surface area contributed by atoms with Crippen LogP contribution in [0.15, 0.2) is 30.3 Å². The van der Waals surface area contributed by atoms with Crippen LogP contribution >= 0.6 is 11.8 Å². The van der Waals surface area contributed by atoms with Gasteiger partial charge in [0.2, 0.25) is 5.91 Å². The number of aliphatic hydroxyl groups is 1. The summed E-state index contributed by atoms with van der Waals surface area (Å²) in [5.74, 6) is 2.45. The Bertz CT molecular complexity index is 505. The van der Waals surface area contributed by atoms with E-state index in [1.807, 2.05) is 42.1 Å². The number of aliphatic hydroxyl groups excluding tert-OH is 1. The molecule has 3 unspecified atom stereocenters. The first-order valence-electron chi connectivity index (χ1n) is 8.58. The molecule has 1 aromatic rings. The lowest BCUT2D eigenvalue weighted by atomic mass is 10.0. The highest BCUT2D eigenvalue weighted by molar-refractivity contribution is 7.99. The average Bonchev–Trinajstić information content (AvgIpc) is 3.00. The predicted octanol–water partition coefficient (Wildman–Crippen LogP) is 2.05. The van der Waals surface area contributed by atoms with Crippen LogP contribution in [0.1, 0.15) is 30.9 Å². The van der Waals surface area contributed by atoms with Crippen molar-refractivity contribution in [1.29, 1.82) is 0 Å². The zero-order chi connectivity index (χ0) is 16.1. The number of carbonyl (C=O) groups is 1. The molecule has 1 aliphatic heterocycles. The molecule has 0 radical (unpaired) electrons. The van der Waals surface area contributed by atoms with Crippen LogP contribution in [0.2, 0.25) is 0 Å². The number of hydrogen-bond donors (Lipinski definition) is 2. The van der Waals surface area contributed by atoms with Crippen LogP contribution < -0.4 is 5.32 Å². The maximum Gasteiger partial charge on any atom is 0.241 e. The molecule has 2 N–H and O–H groups in total. The lowest BCUT2D eigenvalue weighted by Crippen LogP contribution is -2.45. The van der Waals surface area contributed by atoms with Crippen molar-refractivity contribution in [3.63, 3.8) is 0 Å². The van der Waals surface area contributed by atoms with Gasteiger partial charge in [-0.25, -0.2) is 0 Å². The molecule has 0 aromatic heterocycles. The molecule has 0 bridgehead atoms. The molecule has 126 valence electrons. The molecule has 5 heteroatoms. The van der Waals surface area contributed by atoms with Gasteiger partial charge < -0.3 is 10.4 Å². The van der Waals surface area contributed by atoms with Gasteiger partial charge in [0.25, 0.3) is 0 Å². The molecule has 23 heavy (non-hydrogen) atoms. The van der Waals surface area contributed by atoms with Crippen LogP contribution in [-0.4, -0.2) is 53.2 Å². The van der Waals surface area contributed by atoms with Gasteiger partial charge in [-0.3, -0.25) is 9.69 Å². The van der Waals surface area contributed by atoms with E-state index in [1.54, 1.807) is 0 Å². The van der Waals surface area contributed by atoms with Gasteiger partial charge in [-0.15, -0.1) is 0 Å². The molecular weight excluding hydrogens is 308 g/mol. The molecule has 1 aromatic carbocycles. The minimum Gasteiger partial charge on any atom is -0.393 e. The summed E-state index contributed by atoms with van der Waals surface area (Å²) in [7, 11) is 0. The molecule has 3 rings (SSSR count). The fourth-order valence-electron chi connectivity index (χ4n) is 3.58. The van der Waals surface area contributed by atoms with Gasteiger partial charge in [-0.2, -0.15) is 11.8 Å². The highest BCUT2D eigenvalue weighted by Gasteiger charge is 2.31. The van der Waals surface area contributed by atoms with Crippen LogP contribution in [0.5, 0.6) is 0 Å². The van der Waals surface area contributed by atoms with Crippen molar-refractivity contribution in [2.24, 2.45) is 5.92 Å². The maximum absolute atomic E-state index is 12.9. The molecular formula is C18H26N2O2S. The van der Waals surface area contributed by atoms with E-state index >= 15 is 0 Å². The van der Waals surface area contributed by atoms with Crippen molar-refractivity contribution in [2.45, 2.75) is 31.4 Å². The molecule has 3 atom stereocenters. The summed E-state index contributed by atoms with van der Waals surface area (Å²) in [4.78, 5) is 15.1. The lowest BCUT2D eigenvalue weighted by molar-refractivity contribution is -0.127. The highest BCUT2D eigenvalue weighted by atomic mass is 32.2. The SMILES string of the molecule is O=C(NCC1CCCC1O)C(c1ccccc1)N1CCSCC1. The lowest BCUT2D eigenvalue weighted by Gasteiger charge is -2.34. The van der Waals surface area contributed by atoms with Gasteiger partial charge >= 0.3 is 0 Å². The number of nitrogens with zero attached hydrogens (tertiary/aromatic N) is 1. The van der Waals surface area contributed by atoms with E-state index in [0.717, 1.165) is 49.4 Å². The monoisotopic (exact) mass is 334 g/mol. The van der Waals surface area contributed by atoms with Gasteiger partial charge in [-0.05, 0) is 18.4 Å². The molecule has 1 saturated carbocycles. The molecule has 1 saturated heterocycles.